The molecule has 0 aliphatic heterocycles. The molecule has 0 aliphatic carbocycles. The van der Waals surface area contributed by atoms with E-state index in [4.69, 9.17) is 4.43 Å². The Kier molecular flexibility index (Phi) is 4.78. The van der Waals surface area contributed by atoms with Crippen molar-refractivity contribution in [3.8, 4) is 0 Å². The van der Waals surface area contributed by atoms with Gasteiger partial charge in [-0.1, -0.05) is 0 Å². The van der Waals surface area contributed by atoms with Crippen molar-refractivity contribution in [1.82, 2.24) is 4.57 Å². The molecule has 3 nitrogen and oxygen atoms in total. The molecule has 0 atom stereocenters. The monoisotopic (exact) mass is 197 g/mol. The SMILES string of the molecule is CCO[Si]CCCn1cc[n+](C)c1. The third-order valence-electron chi connectivity index (χ3n) is 1.77. The highest BCUT2D eigenvalue weighted by atomic mass is 28.2. The van der Waals surface area contributed by atoms with Crippen LogP contribution in [0.25, 0.3) is 0 Å². The highest BCUT2D eigenvalue weighted by molar-refractivity contribution is 6.26. The molecule has 0 saturated carbocycles. The highest BCUT2D eigenvalue weighted by Crippen LogP contribution is 1.94. The molecule has 0 aliphatic rings. The van der Waals surface area contributed by atoms with Crippen molar-refractivity contribution >= 4 is 9.76 Å². The second-order valence-electron chi connectivity index (χ2n) is 3.00. The van der Waals surface area contributed by atoms with Crippen molar-refractivity contribution in [3.05, 3.63) is 18.7 Å². The van der Waals surface area contributed by atoms with E-state index in [1.807, 2.05) is 14.0 Å². The molecule has 0 amide bonds. The van der Waals surface area contributed by atoms with Gasteiger partial charge in [0.05, 0.1) is 13.6 Å². The molecule has 13 heavy (non-hydrogen) atoms. The molecular formula is C9H17N2OSi+. The van der Waals surface area contributed by atoms with Crippen molar-refractivity contribution < 1.29 is 8.99 Å². The summed E-state index contributed by atoms with van der Waals surface area (Å²) in [5.41, 5.74) is 0. The second kappa shape index (κ2) is 5.94. The number of aromatic nitrogens is 2. The van der Waals surface area contributed by atoms with Crippen LogP contribution in [0.4, 0.5) is 0 Å². The fourth-order valence-electron chi connectivity index (χ4n) is 1.14. The zero-order chi connectivity index (χ0) is 9.52. The van der Waals surface area contributed by atoms with E-state index in [-0.39, 0.29) is 0 Å². The number of nitrogens with zero attached hydrogens (tertiary/aromatic N) is 2. The number of imidazole rings is 1. The summed E-state index contributed by atoms with van der Waals surface area (Å²) in [7, 11) is 2.71. The van der Waals surface area contributed by atoms with Crippen LogP contribution in [0.1, 0.15) is 13.3 Å². The summed E-state index contributed by atoms with van der Waals surface area (Å²) in [5, 5.41) is 0. The highest BCUT2D eigenvalue weighted by Gasteiger charge is 1.99. The van der Waals surface area contributed by atoms with Crippen LogP contribution >= 0.6 is 0 Å². The molecule has 1 heterocycles. The van der Waals surface area contributed by atoms with Gasteiger partial charge in [-0.05, 0) is 19.4 Å². The number of hydrogen-bond acceptors (Lipinski definition) is 1. The molecule has 4 heteroatoms. The van der Waals surface area contributed by atoms with Crippen molar-refractivity contribution in [1.29, 1.82) is 0 Å². The predicted molar refractivity (Wildman–Crippen MR) is 52.4 cm³/mol. The lowest BCUT2D eigenvalue weighted by Crippen LogP contribution is -2.23. The van der Waals surface area contributed by atoms with E-state index in [2.05, 4.69) is 27.9 Å². The van der Waals surface area contributed by atoms with E-state index in [9.17, 15) is 0 Å². The molecule has 0 aromatic carbocycles. The summed E-state index contributed by atoms with van der Waals surface area (Å²) in [6.45, 7) is 3.98. The predicted octanol–water partition coefficient (Wildman–Crippen LogP) is 0.777. The van der Waals surface area contributed by atoms with E-state index in [1.54, 1.807) is 0 Å². The van der Waals surface area contributed by atoms with E-state index < -0.39 is 0 Å². The van der Waals surface area contributed by atoms with Crippen molar-refractivity contribution in [2.75, 3.05) is 6.61 Å². The maximum absolute atomic E-state index is 5.29. The van der Waals surface area contributed by atoms with Gasteiger partial charge in [0.15, 0.2) is 0 Å². The maximum Gasteiger partial charge on any atom is 0.243 e. The van der Waals surface area contributed by atoms with Crippen LogP contribution < -0.4 is 4.57 Å². The first-order valence-electron chi connectivity index (χ1n) is 4.68. The van der Waals surface area contributed by atoms with Crippen LogP contribution in [-0.2, 0) is 18.0 Å². The van der Waals surface area contributed by atoms with E-state index in [1.165, 1.54) is 12.5 Å². The Balaban J connectivity index is 2.06. The van der Waals surface area contributed by atoms with Gasteiger partial charge in [-0.25, -0.2) is 9.13 Å². The average Bonchev–Trinajstić information content (AvgIpc) is 2.51. The number of hydrogen-bond donors (Lipinski definition) is 0. The lowest BCUT2D eigenvalue weighted by Gasteiger charge is -1.97. The topological polar surface area (TPSA) is 18.0 Å². The zero-order valence-corrected chi connectivity index (χ0v) is 9.36. The van der Waals surface area contributed by atoms with E-state index in [0.717, 1.165) is 13.2 Å². The molecule has 0 unspecified atom stereocenters. The van der Waals surface area contributed by atoms with Gasteiger partial charge in [-0.3, -0.25) is 0 Å². The largest absolute Gasteiger partial charge is 0.418 e. The lowest BCUT2D eigenvalue weighted by molar-refractivity contribution is -0.671. The summed E-state index contributed by atoms with van der Waals surface area (Å²) in [4.78, 5) is 0. The van der Waals surface area contributed by atoms with Crippen molar-refractivity contribution in [2.24, 2.45) is 7.05 Å². The van der Waals surface area contributed by atoms with E-state index >= 15 is 0 Å². The van der Waals surface area contributed by atoms with Crippen LogP contribution in [0.3, 0.4) is 0 Å². The Labute approximate surface area is 82.3 Å². The third-order valence-corrected chi connectivity index (χ3v) is 2.82. The minimum absolute atomic E-state index is 0.671. The average molecular weight is 197 g/mol. The lowest BCUT2D eigenvalue weighted by atomic mass is 10.5. The van der Waals surface area contributed by atoms with Gasteiger partial charge < -0.3 is 4.43 Å². The number of aryl methyl sites for hydroxylation is 2. The van der Waals surface area contributed by atoms with E-state index in [0.29, 0.717) is 9.76 Å². The quantitative estimate of drug-likeness (QED) is 0.374. The first kappa shape index (κ1) is 10.5. The molecule has 0 saturated heterocycles. The van der Waals surface area contributed by atoms with Crippen LogP contribution in [0.15, 0.2) is 18.7 Å². The Morgan fingerprint density at radius 3 is 3.00 bits per heavy atom. The molecule has 72 valence electrons. The Morgan fingerprint density at radius 2 is 2.38 bits per heavy atom. The normalized spacial score (nSPS) is 10.6. The van der Waals surface area contributed by atoms with Crippen LogP contribution in [0.5, 0.6) is 0 Å². The number of rotatable bonds is 6. The molecule has 0 fully saturated rings. The molecular weight excluding hydrogens is 180 g/mol. The zero-order valence-electron chi connectivity index (χ0n) is 8.36. The van der Waals surface area contributed by atoms with Crippen molar-refractivity contribution in [3.63, 3.8) is 0 Å². The summed E-state index contributed by atoms with van der Waals surface area (Å²) in [6, 6.07) is 1.18. The van der Waals surface area contributed by atoms with Gasteiger partial charge in [-0.15, -0.1) is 0 Å². The third kappa shape index (κ3) is 4.24. The Hall–Kier alpha value is -0.613. The molecule has 0 spiro atoms. The second-order valence-corrected chi connectivity index (χ2v) is 4.08. The minimum Gasteiger partial charge on any atom is -0.418 e. The summed E-state index contributed by atoms with van der Waals surface area (Å²) in [6.07, 6.45) is 7.46. The summed E-state index contributed by atoms with van der Waals surface area (Å²) >= 11 is 0. The Bertz CT molecular complexity index is 237. The Morgan fingerprint density at radius 1 is 1.54 bits per heavy atom. The smallest absolute Gasteiger partial charge is 0.243 e. The van der Waals surface area contributed by atoms with Crippen LogP contribution in [0, 0.1) is 0 Å². The van der Waals surface area contributed by atoms with Gasteiger partial charge >= 0.3 is 0 Å². The summed E-state index contributed by atoms with van der Waals surface area (Å²) < 4.78 is 9.56. The molecule has 1 aromatic heterocycles. The first-order valence-corrected chi connectivity index (χ1v) is 5.80. The van der Waals surface area contributed by atoms with Gasteiger partial charge in [0.2, 0.25) is 16.1 Å². The minimum atomic E-state index is 0.671. The fourth-order valence-corrected chi connectivity index (χ4v) is 1.79. The molecule has 1 aromatic rings. The van der Waals surface area contributed by atoms with Gasteiger partial charge in [0, 0.05) is 6.61 Å². The molecule has 0 N–H and O–H groups in total. The van der Waals surface area contributed by atoms with Crippen LogP contribution in [-0.4, -0.2) is 20.9 Å². The van der Waals surface area contributed by atoms with Gasteiger partial charge in [-0.2, -0.15) is 0 Å². The summed E-state index contributed by atoms with van der Waals surface area (Å²) in [5.74, 6) is 0. The molecule has 0 bridgehead atoms. The van der Waals surface area contributed by atoms with Crippen LogP contribution in [0.2, 0.25) is 6.04 Å². The molecule has 2 radical (unpaired) electrons. The first-order chi connectivity index (χ1) is 6.33. The molecule has 1 rings (SSSR count). The van der Waals surface area contributed by atoms with Gasteiger partial charge in [0.25, 0.3) is 0 Å². The fraction of sp³-hybridized carbons (Fsp3) is 0.667. The maximum atomic E-state index is 5.29. The standard InChI is InChI=1S/C9H17N2OSi/c1-3-12-13-8-4-5-11-7-6-10(2)9-11/h6-7,9H,3-5,8H2,1-2H3/q+1. The van der Waals surface area contributed by atoms with Gasteiger partial charge in [0.1, 0.15) is 12.4 Å². The van der Waals surface area contributed by atoms with Crippen molar-refractivity contribution in [2.45, 2.75) is 25.9 Å².